The summed E-state index contributed by atoms with van der Waals surface area (Å²) in [5, 5.41) is 17.1. The van der Waals surface area contributed by atoms with E-state index in [0.29, 0.717) is 0 Å². The van der Waals surface area contributed by atoms with Gasteiger partial charge in [-0.3, -0.25) is 0 Å². The van der Waals surface area contributed by atoms with Crippen molar-refractivity contribution < 1.29 is 15.0 Å². The highest BCUT2D eigenvalue weighted by Gasteiger charge is 1.98. The van der Waals surface area contributed by atoms with Crippen molar-refractivity contribution in [1.82, 2.24) is 0 Å². The first kappa shape index (κ1) is 9.49. The first-order valence-electron chi connectivity index (χ1n) is 3.01. The molecule has 0 saturated heterocycles. The number of aliphatic hydroxyl groups is 1. The van der Waals surface area contributed by atoms with Crippen LogP contribution >= 0.6 is 0 Å². The fourth-order valence-corrected chi connectivity index (χ4v) is 0.437. The summed E-state index contributed by atoms with van der Waals surface area (Å²) < 4.78 is 0. The van der Waals surface area contributed by atoms with Crippen molar-refractivity contribution in [3.05, 3.63) is 36.1 Å². The first-order chi connectivity index (χ1) is 5.07. The van der Waals surface area contributed by atoms with Crippen molar-refractivity contribution in [2.75, 3.05) is 0 Å². The lowest BCUT2D eigenvalue weighted by Gasteiger charge is -1.89. The highest BCUT2D eigenvalue weighted by atomic mass is 16.4. The summed E-state index contributed by atoms with van der Waals surface area (Å²) in [6.45, 7) is 4.76. The fraction of sp³-hybridized carbons (Fsp3) is 0.125. The molecule has 0 aromatic carbocycles. The molecule has 0 fully saturated rings. The molecule has 0 aromatic rings. The molecule has 0 amide bonds. The summed E-state index contributed by atoms with van der Waals surface area (Å²) in [6.07, 6.45) is 3.79. The van der Waals surface area contributed by atoms with Gasteiger partial charge < -0.3 is 10.2 Å². The zero-order valence-corrected chi connectivity index (χ0v) is 6.24. The van der Waals surface area contributed by atoms with Gasteiger partial charge >= 0.3 is 5.97 Å². The molecule has 0 spiro atoms. The van der Waals surface area contributed by atoms with Crippen molar-refractivity contribution in [2.24, 2.45) is 0 Å². The maximum Gasteiger partial charge on any atom is 0.335 e. The van der Waals surface area contributed by atoms with Crippen LogP contribution in [0.4, 0.5) is 0 Å². The molecule has 2 N–H and O–H groups in total. The van der Waals surface area contributed by atoms with Crippen LogP contribution in [0.2, 0.25) is 0 Å². The van der Waals surface area contributed by atoms with Gasteiger partial charge in [0, 0.05) is 0 Å². The van der Waals surface area contributed by atoms with E-state index >= 15 is 0 Å². The number of hydrogen-bond acceptors (Lipinski definition) is 2. The quantitative estimate of drug-likeness (QED) is 0.369. The van der Waals surface area contributed by atoms with E-state index < -0.39 is 5.97 Å². The molecule has 0 atom stereocenters. The molecule has 11 heavy (non-hydrogen) atoms. The largest absolute Gasteiger partial charge is 0.513 e. The number of allylic oxidation sites excluding steroid dienone is 3. The minimum absolute atomic E-state index is 0.0541. The van der Waals surface area contributed by atoms with Gasteiger partial charge in [-0.25, -0.2) is 4.79 Å². The molecule has 0 aliphatic heterocycles. The van der Waals surface area contributed by atoms with Gasteiger partial charge in [0.25, 0.3) is 0 Å². The third-order valence-electron chi connectivity index (χ3n) is 0.971. The van der Waals surface area contributed by atoms with Crippen LogP contribution in [-0.4, -0.2) is 16.2 Å². The average Bonchev–Trinajstić information content (AvgIpc) is 1.87. The zero-order chi connectivity index (χ0) is 8.85. The molecular weight excluding hydrogens is 144 g/mol. The maximum absolute atomic E-state index is 10.3. The fourth-order valence-electron chi connectivity index (χ4n) is 0.437. The molecule has 0 aliphatic rings. The number of rotatable bonds is 3. The second-order valence-electron chi connectivity index (χ2n) is 1.94. The number of carboxylic acids is 1. The molecule has 60 valence electrons. The maximum atomic E-state index is 10.3. The molecule has 3 heteroatoms. The van der Waals surface area contributed by atoms with Crippen molar-refractivity contribution >= 4 is 5.97 Å². The average molecular weight is 154 g/mol. The SMILES string of the molecule is C=C/C(=C\C=C(/C)O)C(=O)O. The summed E-state index contributed by atoms with van der Waals surface area (Å²) in [5.41, 5.74) is 0.0541. The molecule has 0 unspecified atom stereocenters. The van der Waals surface area contributed by atoms with E-state index in [1.54, 1.807) is 0 Å². The second-order valence-corrected chi connectivity index (χ2v) is 1.94. The van der Waals surface area contributed by atoms with Crippen molar-refractivity contribution in [2.45, 2.75) is 6.92 Å². The van der Waals surface area contributed by atoms with E-state index in [2.05, 4.69) is 6.58 Å². The summed E-state index contributed by atoms with van der Waals surface area (Å²) in [4.78, 5) is 10.3. The predicted molar refractivity (Wildman–Crippen MR) is 42.3 cm³/mol. The first-order valence-corrected chi connectivity index (χ1v) is 3.01. The van der Waals surface area contributed by atoms with Gasteiger partial charge in [-0.1, -0.05) is 12.7 Å². The van der Waals surface area contributed by atoms with Crippen molar-refractivity contribution in [3.63, 3.8) is 0 Å². The van der Waals surface area contributed by atoms with Crippen LogP contribution in [0.25, 0.3) is 0 Å². The molecule has 0 rings (SSSR count). The lowest BCUT2D eigenvalue weighted by molar-refractivity contribution is -0.132. The van der Waals surface area contributed by atoms with Crippen LogP contribution in [0.5, 0.6) is 0 Å². The van der Waals surface area contributed by atoms with Gasteiger partial charge in [0.05, 0.1) is 11.3 Å². The predicted octanol–water partition coefficient (Wildman–Crippen LogP) is 1.65. The Kier molecular flexibility index (Phi) is 3.73. The van der Waals surface area contributed by atoms with Crippen LogP contribution in [0.15, 0.2) is 36.1 Å². The Hall–Kier alpha value is -1.51. The second kappa shape index (κ2) is 4.33. The van der Waals surface area contributed by atoms with E-state index in [-0.39, 0.29) is 11.3 Å². The van der Waals surface area contributed by atoms with E-state index in [4.69, 9.17) is 10.2 Å². The van der Waals surface area contributed by atoms with Gasteiger partial charge in [0.2, 0.25) is 0 Å². The molecule has 3 nitrogen and oxygen atoms in total. The smallest absolute Gasteiger partial charge is 0.335 e. The molecule has 0 aliphatic carbocycles. The Morgan fingerprint density at radius 1 is 1.36 bits per heavy atom. The standard InChI is InChI=1S/C8H10O3/c1-3-7(8(10)11)5-4-6(2)9/h3-5,9H,1H2,2H3,(H,10,11)/b6-4+,7-5+. The van der Waals surface area contributed by atoms with Crippen LogP contribution in [0, 0.1) is 0 Å². The minimum atomic E-state index is -1.06. The Labute approximate surface area is 65.0 Å². The Balaban J connectivity index is 4.50. The Morgan fingerprint density at radius 2 is 1.91 bits per heavy atom. The molecule has 0 aromatic heterocycles. The van der Waals surface area contributed by atoms with Crippen LogP contribution in [0.1, 0.15) is 6.92 Å². The van der Waals surface area contributed by atoms with Crippen LogP contribution < -0.4 is 0 Å². The number of carbonyl (C=O) groups is 1. The lowest BCUT2D eigenvalue weighted by atomic mass is 10.2. The summed E-state index contributed by atoms with van der Waals surface area (Å²) in [7, 11) is 0. The van der Waals surface area contributed by atoms with Gasteiger partial charge in [0.1, 0.15) is 0 Å². The highest BCUT2D eigenvalue weighted by molar-refractivity contribution is 5.89. The molecule has 0 bridgehead atoms. The zero-order valence-electron chi connectivity index (χ0n) is 6.24. The molecular formula is C8H10O3. The number of hydrogen-bond donors (Lipinski definition) is 2. The van der Waals surface area contributed by atoms with E-state index in [0.717, 1.165) is 0 Å². The number of aliphatic carboxylic acids is 1. The summed E-state index contributed by atoms with van der Waals surface area (Å²) in [6, 6.07) is 0. The Bertz CT molecular complexity index is 219. The normalized spacial score (nSPS) is 12.8. The Morgan fingerprint density at radius 3 is 2.18 bits per heavy atom. The van der Waals surface area contributed by atoms with Gasteiger partial charge in [0.15, 0.2) is 0 Å². The van der Waals surface area contributed by atoms with Gasteiger partial charge in [-0.05, 0) is 19.1 Å². The lowest BCUT2D eigenvalue weighted by Crippen LogP contribution is -1.96. The van der Waals surface area contributed by atoms with Gasteiger partial charge in [-0.15, -0.1) is 0 Å². The number of carboxylic acid groups (broad SMARTS) is 1. The highest BCUT2D eigenvalue weighted by Crippen LogP contribution is 1.97. The molecule has 0 radical (unpaired) electrons. The van der Waals surface area contributed by atoms with Crippen molar-refractivity contribution in [1.29, 1.82) is 0 Å². The van der Waals surface area contributed by atoms with E-state index in [9.17, 15) is 4.79 Å². The molecule has 0 heterocycles. The number of aliphatic hydroxyl groups excluding tert-OH is 1. The summed E-state index contributed by atoms with van der Waals surface area (Å²) >= 11 is 0. The summed E-state index contributed by atoms with van der Waals surface area (Å²) in [5.74, 6) is -0.997. The van der Waals surface area contributed by atoms with E-state index in [1.165, 1.54) is 25.2 Å². The van der Waals surface area contributed by atoms with Crippen LogP contribution in [-0.2, 0) is 4.79 Å². The third kappa shape index (κ3) is 3.97. The van der Waals surface area contributed by atoms with Crippen molar-refractivity contribution in [3.8, 4) is 0 Å². The third-order valence-corrected chi connectivity index (χ3v) is 0.971. The van der Waals surface area contributed by atoms with E-state index in [1.807, 2.05) is 0 Å². The minimum Gasteiger partial charge on any atom is -0.513 e. The monoisotopic (exact) mass is 154 g/mol. The topological polar surface area (TPSA) is 57.5 Å². The molecule has 0 saturated carbocycles. The van der Waals surface area contributed by atoms with Gasteiger partial charge in [-0.2, -0.15) is 0 Å². The van der Waals surface area contributed by atoms with Crippen LogP contribution in [0.3, 0.4) is 0 Å².